The first-order chi connectivity index (χ1) is 12.7. The number of nitrogens with one attached hydrogen (secondary N) is 2. The van der Waals surface area contributed by atoms with Crippen molar-refractivity contribution in [3.05, 3.63) is 77.4 Å². The van der Waals surface area contributed by atoms with E-state index in [2.05, 4.69) is 37.7 Å². The number of rotatable bonds is 5. The number of aromatic amines is 1. The largest absolute Gasteiger partial charge is 0.305 e. The summed E-state index contributed by atoms with van der Waals surface area (Å²) in [5.74, 6) is 0.227. The molecule has 4 rings (SSSR count). The predicted octanol–water partition coefficient (Wildman–Crippen LogP) is 2.80. The van der Waals surface area contributed by atoms with Crippen LogP contribution in [-0.4, -0.2) is 30.7 Å². The van der Waals surface area contributed by atoms with Crippen LogP contribution in [0, 0.1) is 6.92 Å². The number of carbonyl (C=O) groups is 1. The molecule has 0 saturated carbocycles. The molecule has 0 aliphatic rings. The number of anilines is 1. The van der Waals surface area contributed by atoms with Gasteiger partial charge in [0.1, 0.15) is 5.56 Å². The van der Waals surface area contributed by atoms with E-state index in [1.54, 1.807) is 29.9 Å². The van der Waals surface area contributed by atoms with Crippen molar-refractivity contribution >= 4 is 17.4 Å². The van der Waals surface area contributed by atoms with E-state index in [0.29, 0.717) is 22.7 Å². The highest BCUT2D eigenvalue weighted by atomic mass is 16.1. The van der Waals surface area contributed by atoms with Gasteiger partial charge in [0, 0.05) is 24.2 Å². The first-order valence-electron chi connectivity index (χ1n) is 8.40. The molecule has 3 heterocycles. The number of aryl methyl sites for hydroxylation is 3. The van der Waals surface area contributed by atoms with Crippen LogP contribution in [-0.2, 0) is 12.8 Å². The van der Waals surface area contributed by atoms with Crippen LogP contribution < -0.4 is 5.32 Å². The van der Waals surface area contributed by atoms with Crippen molar-refractivity contribution < 1.29 is 4.79 Å². The van der Waals surface area contributed by atoms with Crippen molar-refractivity contribution in [1.82, 2.24) is 24.8 Å². The van der Waals surface area contributed by atoms with Crippen LogP contribution in [0.1, 0.15) is 27.3 Å². The Kier molecular flexibility index (Phi) is 4.18. The molecular weight excluding hydrogens is 328 g/mol. The number of nitrogens with zero attached hydrogens (tertiary/aromatic N) is 4. The van der Waals surface area contributed by atoms with E-state index in [-0.39, 0.29) is 5.91 Å². The smallest absolute Gasteiger partial charge is 0.262 e. The minimum atomic E-state index is -0.266. The molecule has 0 aliphatic carbocycles. The fraction of sp³-hybridized carbons (Fsp3) is 0.158. The third-order valence-electron chi connectivity index (χ3n) is 4.20. The van der Waals surface area contributed by atoms with Crippen LogP contribution >= 0.6 is 0 Å². The van der Waals surface area contributed by atoms with Gasteiger partial charge in [-0.05, 0) is 31.4 Å². The second kappa shape index (κ2) is 6.79. The Morgan fingerprint density at radius 2 is 2.04 bits per heavy atom. The third-order valence-corrected chi connectivity index (χ3v) is 4.20. The molecule has 7 nitrogen and oxygen atoms in total. The molecule has 1 amide bonds. The van der Waals surface area contributed by atoms with E-state index in [0.717, 1.165) is 18.5 Å². The lowest BCUT2D eigenvalue weighted by Gasteiger charge is -2.00. The number of aromatic nitrogens is 5. The van der Waals surface area contributed by atoms with Crippen molar-refractivity contribution in [2.45, 2.75) is 19.8 Å². The first-order valence-corrected chi connectivity index (χ1v) is 8.40. The standard InChI is InChI=1S/C19H18N6O/c1-13-17(18-20-10-5-11-25(18)24-13)19(26)21-16-12-15(22-23-16)9-8-14-6-3-2-4-7-14/h2-7,10-12H,8-9H2,1H3,(H2,21,22,23,26). The second-order valence-corrected chi connectivity index (χ2v) is 6.07. The zero-order chi connectivity index (χ0) is 17.9. The van der Waals surface area contributed by atoms with Gasteiger partial charge in [0.2, 0.25) is 0 Å². The summed E-state index contributed by atoms with van der Waals surface area (Å²) in [6.07, 6.45) is 5.14. The number of carbonyl (C=O) groups excluding carboxylic acids is 1. The maximum Gasteiger partial charge on any atom is 0.262 e. The number of hydrogen-bond donors (Lipinski definition) is 2. The predicted molar refractivity (Wildman–Crippen MR) is 98.1 cm³/mol. The Hall–Kier alpha value is -3.48. The first kappa shape index (κ1) is 16.0. The maximum absolute atomic E-state index is 12.6. The molecule has 26 heavy (non-hydrogen) atoms. The van der Waals surface area contributed by atoms with Gasteiger partial charge in [-0.15, -0.1) is 0 Å². The van der Waals surface area contributed by atoms with Gasteiger partial charge >= 0.3 is 0 Å². The van der Waals surface area contributed by atoms with Crippen LogP contribution in [0.15, 0.2) is 54.9 Å². The van der Waals surface area contributed by atoms with Gasteiger partial charge in [-0.2, -0.15) is 10.2 Å². The highest BCUT2D eigenvalue weighted by molar-refractivity contribution is 6.08. The van der Waals surface area contributed by atoms with Crippen molar-refractivity contribution in [3.63, 3.8) is 0 Å². The van der Waals surface area contributed by atoms with E-state index in [1.807, 2.05) is 24.3 Å². The fourth-order valence-corrected chi connectivity index (χ4v) is 2.92. The lowest BCUT2D eigenvalue weighted by atomic mass is 10.1. The molecular formula is C19H18N6O. The quantitative estimate of drug-likeness (QED) is 0.582. The Balaban J connectivity index is 1.46. The van der Waals surface area contributed by atoms with E-state index in [9.17, 15) is 4.79 Å². The highest BCUT2D eigenvalue weighted by Gasteiger charge is 2.19. The van der Waals surface area contributed by atoms with E-state index in [1.165, 1.54) is 5.56 Å². The Bertz CT molecular complexity index is 1050. The molecule has 0 unspecified atom stereocenters. The molecule has 0 atom stereocenters. The zero-order valence-electron chi connectivity index (χ0n) is 14.3. The Labute approximate surface area is 150 Å². The third kappa shape index (κ3) is 3.19. The van der Waals surface area contributed by atoms with Crippen molar-refractivity contribution in [2.75, 3.05) is 5.32 Å². The Morgan fingerprint density at radius 3 is 2.88 bits per heavy atom. The molecule has 130 valence electrons. The minimum absolute atomic E-state index is 0.266. The van der Waals surface area contributed by atoms with Crippen LogP contribution in [0.25, 0.3) is 5.65 Å². The number of H-pyrrole nitrogens is 1. The Morgan fingerprint density at radius 1 is 1.19 bits per heavy atom. The van der Waals surface area contributed by atoms with E-state index >= 15 is 0 Å². The fourth-order valence-electron chi connectivity index (χ4n) is 2.92. The molecule has 4 aromatic rings. The van der Waals surface area contributed by atoms with Crippen LogP contribution in [0.4, 0.5) is 5.82 Å². The maximum atomic E-state index is 12.6. The summed E-state index contributed by atoms with van der Waals surface area (Å²) in [5, 5.41) is 14.3. The molecule has 0 saturated heterocycles. The van der Waals surface area contributed by atoms with Crippen molar-refractivity contribution in [1.29, 1.82) is 0 Å². The zero-order valence-corrected chi connectivity index (χ0v) is 14.3. The van der Waals surface area contributed by atoms with Gasteiger partial charge in [0.15, 0.2) is 11.5 Å². The molecule has 0 spiro atoms. The van der Waals surface area contributed by atoms with Gasteiger partial charge in [-0.3, -0.25) is 9.89 Å². The second-order valence-electron chi connectivity index (χ2n) is 6.07. The van der Waals surface area contributed by atoms with Gasteiger partial charge < -0.3 is 5.32 Å². The average Bonchev–Trinajstić information content (AvgIpc) is 3.23. The molecule has 3 aromatic heterocycles. The number of benzene rings is 1. The summed E-state index contributed by atoms with van der Waals surface area (Å²) in [4.78, 5) is 16.9. The van der Waals surface area contributed by atoms with Crippen molar-refractivity contribution in [2.24, 2.45) is 0 Å². The molecule has 1 aromatic carbocycles. The summed E-state index contributed by atoms with van der Waals surface area (Å²) in [7, 11) is 0. The summed E-state index contributed by atoms with van der Waals surface area (Å²) < 4.78 is 1.60. The van der Waals surface area contributed by atoms with Gasteiger partial charge in [0.25, 0.3) is 5.91 Å². The molecule has 2 N–H and O–H groups in total. The lowest BCUT2D eigenvalue weighted by molar-refractivity contribution is 0.102. The topological polar surface area (TPSA) is 88.0 Å². The number of hydrogen-bond acceptors (Lipinski definition) is 4. The van der Waals surface area contributed by atoms with E-state index < -0.39 is 0 Å². The highest BCUT2D eigenvalue weighted by Crippen LogP contribution is 2.16. The molecule has 0 bridgehead atoms. The molecule has 0 aliphatic heterocycles. The minimum Gasteiger partial charge on any atom is -0.305 e. The lowest BCUT2D eigenvalue weighted by Crippen LogP contribution is -2.13. The number of fused-ring (bicyclic) bond motifs is 1. The molecule has 0 fully saturated rings. The normalized spacial score (nSPS) is 11.0. The monoisotopic (exact) mass is 346 g/mol. The van der Waals surface area contributed by atoms with Crippen molar-refractivity contribution in [3.8, 4) is 0 Å². The SMILES string of the molecule is Cc1nn2cccnc2c1C(=O)Nc1cc(CCc2ccccc2)[nH]n1. The summed E-state index contributed by atoms with van der Waals surface area (Å²) in [6.45, 7) is 1.79. The van der Waals surface area contributed by atoms with E-state index in [4.69, 9.17) is 0 Å². The van der Waals surface area contributed by atoms with Gasteiger partial charge in [-0.1, -0.05) is 30.3 Å². The average molecular weight is 346 g/mol. The van der Waals surface area contributed by atoms with Crippen LogP contribution in [0.3, 0.4) is 0 Å². The number of amides is 1. The molecule has 0 radical (unpaired) electrons. The summed E-state index contributed by atoms with van der Waals surface area (Å²) in [5.41, 5.74) is 3.85. The summed E-state index contributed by atoms with van der Waals surface area (Å²) in [6, 6.07) is 13.9. The van der Waals surface area contributed by atoms with Gasteiger partial charge in [0.05, 0.1) is 5.69 Å². The summed E-state index contributed by atoms with van der Waals surface area (Å²) >= 11 is 0. The van der Waals surface area contributed by atoms with Crippen LogP contribution in [0.5, 0.6) is 0 Å². The van der Waals surface area contributed by atoms with Gasteiger partial charge in [-0.25, -0.2) is 9.50 Å². The molecule has 7 heteroatoms. The van der Waals surface area contributed by atoms with Crippen LogP contribution in [0.2, 0.25) is 0 Å².